The third-order valence-corrected chi connectivity index (χ3v) is 4.80. The van der Waals surface area contributed by atoms with E-state index >= 15 is 0 Å². The number of rotatable bonds is 9. The van der Waals surface area contributed by atoms with Gasteiger partial charge in [0.2, 0.25) is 5.91 Å². The van der Waals surface area contributed by atoms with E-state index < -0.39 is 59.9 Å². The molecule has 6 unspecified atom stereocenters. The molecule has 174 valence electrons. The Hall–Kier alpha value is -1.95. The number of primary amides is 1. The van der Waals surface area contributed by atoms with Gasteiger partial charge in [0.1, 0.15) is 17.6 Å². The van der Waals surface area contributed by atoms with Gasteiger partial charge in [0, 0.05) is 19.0 Å². The van der Waals surface area contributed by atoms with Crippen LogP contribution >= 0.6 is 0 Å². The zero-order valence-corrected chi connectivity index (χ0v) is 17.7. The van der Waals surface area contributed by atoms with E-state index in [-0.39, 0.29) is 25.8 Å². The molecule has 11 nitrogen and oxygen atoms in total. The average molecular weight is 434 g/mol. The summed E-state index contributed by atoms with van der Waals surface area (Å²) in [7, 11) is 0. The molecule has 1 fully saturated rings. The summed E-state index contributed by atoms with van der Waals surface area (Å²) in [5.41, 5.74) is 10.4. The molecule has 0 saturated heterocycles. The highest BCUT2D eigenvalue weighted by Crippen LogP contribution is 2.27. The molecule has 0 spiro atoms. The van der Waals surface area contributed by atoms with Crippen LogP contribution < -0.4 is 16.8 Å². The highest BCUT2D eigenvalue weighted by molar-refractivity contribution is 5.79. The molecule has 0 radical (unpaired) electrons. The molecule has 1 saturated carbocycles. The van der Waals surface area contributed by atoms with Crippen molar-refractivity contribution in [2.24, 2.45) is 17.4 Å². The van der Waals surface area contributed by atoms with Crippen LogP contribution in [0.25, 0.3) is 0 Å². The van der Waals surface area contributed by atoms with Crippen LogP contribution in [0, 0.1) is 5.92 Å². The third kappa shape index (κ3) is 8.82. The summed E-state index contributed by atoms with van der Waals surface area (Å²) >= 11 is 0. The summed E-state index contributed by atoms with van der Waals surface area (Å²) in [6.07, 6.45) is -4.66. The number of esters is 1. The minimum atomic E-state index is -1.21. The first-order valence-electron chi connectivity index (χ1n) is 10.1. The topological polar surface area (TPSA) is 194 Å². The van der Waals surface area contributed by atoms with Crippen LogP contribution in [0.5, 0.6) is 0 Å². The highest BCUT2D eigenvalue weighted by atomic mass is 16.6. The summed E-state index contributed by atoms with van der Waals surface area (Å²) in [4.78, 5) is 35.2. The zero-order chi connectivity index (χ0) is 23.1. The van der Waals surface area contributed by atoms with Crippen molar-refractivity contribution in [3.05, 3.63) is 0 Å². The van der Waals surface area contributed by atoms with Gasteiger partial charge in [-0.15, -0.1) is 0 Å². The lowest BCUT2D eigenvalue weighted by atomic mass is 9.80. The van der Waals surface area contributed by atoms with Crippen molar-refractivity contribution < 1.29 is 39.2 Å². The maximum Gasteiger partial charge on any atom is 0.407 e. The molecule has 30 heavy (non-hydrogen) atoms. The first kappa shape index (κ1) is 26.1. The minimum Gasteiger partial charge on any atom is -0.461 e. The Kier molecular flexibility index (Phi) is 9.95. The maximum atomic E-state index is 12.1. The molecule has 0 aromatic carbocycles. The lowest BCUT2D eigenvalue weighted by Gasteiger charge is -2.36. The molecule has 0 aromatic heterocycles. The summed E-state index contributed by atoms with van der Waals surface area (Å²) in [6.45, 7) is 5.24. The van der Waals surface area contributed by atoms with E-state index in [1.807, 2.05) is 0 Å². The van der Waals surface area contributed by atoms with Gasteiger partial charge in [-0.2, -0.15) is 0 Å². The number of aliphatic hydroxyl groups is 3. The summed E-state index contributed by atoms with van der Waals surface area (Å²) in [5.74, 6) is -2.58. The van der Waals surface area contributed by atoms with Crippen LogP contribution in [0.3, 0.4) is 0 Å². The predicted octanol–water partition coefficient (Wildman–Crippen LogP) is -1.10. The number of carbonyl (C=O) groups is 3. The van der Waals surface area contributed by atoms with Crippen LogP contribution in [0.4, 0.5) is 4.79 Å². The molecule has 11 heteroatoms. The van der Waals surface area contributed by atoms with Gasteiger partial charge >= 0.3 is 12.1 Å². The Labute approximate surface area is 176 Å². The van der Waals surface area contributed by atoms with Gasteiger partial charge < -0.3 is 41.6 Å². The lowest BCUT2D eigenvalue weighted by molar-refractivity contribution is -0.162. The van der Waals surface area contributed by atoms with Gasteiger partial charge in [0.25, 0.3) is 0 Å². The SMILES string of the molecule is CC(C)(C)OC(=O)NCCC(O)C(O)CCC(=O)OC1CCC(N)C(O)C1C(N)=O. The van der Waals surface area contributed by atoms with Crippen LogP contribution in [0.15, 0.2) is 0 Å². The van der Waals surface area contributed by atoms with Crippen molar-refractivity contribution >= 4 is 18.0 Å². The Bertz CT molecular complexity index is 595. The lowest BCUT2D eigenvalue weighted by Crippen LogP contribution is -2.55. The summed E-state index contributed by atoms with van der Waals surface area (Å²) in [6, 6.07) is -0.622. The standard InChI is InChI=1S/C19H35N3O8/c1-19(2,3)30-18(28)22-9-8-12(24)11(23)5-7-14(25)29-13-6-4-10(20)16(26)15(13)17(21)27/h10-13,15-16,23-24,26H,4-9,20H2,1-3H3,(H2,21,27)(H,22,28). The second-order valence-electron chi connectivity index (χ2n) is 8.58. The van der Waals surface area contributed by atoms with Crippen molar-refractivity contribution in [2.45, 2.75) is 88.9 Å². The second-order valence-corrected chi connectivity index (χ2v) is 8.58. The predicted molar refractivity (Wildman–Crippen MR) is 106 cm³/mol. The quantitative estimate of drug-likeness (QED) is 0.245. The molecule has 8 N–H and O–H groups in total. The molecular weight excluding hydrogens is 398 g/mol. The maximum absolute atomic E-state index is 12.1. The number of carbonyl (C=O) groups excluding carboxylic acids is 3. The van der Waals surface area contributed by atoms with Crippen molar-refractivity contribution in [2.75, 3.05) is 6.54 Å². The van der Waals surface area contributed by atoms with E-state index in [1.54, 1.807) is 20.8 Å². The number of amides is 2. The van der Waals surface area contributed by atoms with Crippen LogP contribution in [-0.2, 0) is 19.1 Å². The largest absolute Gasteiger partial charge is 0.461 e. The van der Waals surface area contributed by atoms with E-state index in [0.29, 0.717) is 12.8 Å². The van der Waals surface area contributed by atoms with E-state index in [2.05, 4.69) is 5.32 Å². The zero-order valence-electron chi connectivity index (χ0n) is 17.7. The normalized spacial score (nSPS) is 26.4. The van der Waals surface area contributed by atoms with Gasteiger partial charge in [-0.05, 0) is 46.5 Å². The van der Waals surface area contributed by atoms with E-state index in [0.717, 1.165) is 0 Å². The molecule has 0 heterocycles. The number of alkyl carbamates (subject to hydrolysis) is 1. The van der Waals surface area contributed by atoms with Gasteiger partial charge in [-0.1, -0.05) is 0 Å². The first-order valence-corrected chi connectivity index (χ1v) is 10.1. The Morgan fingerprint density at radius 1 is 1.13 bits per heavy atom. The van der Waals surface area contributed by atoms with Crippen molar-refractivity contribution in [3.8, 4) is 0 Å². The number of hydrogen-bond donors (Lipinski definition) is 6. The molecule has 0 aromatic rings. The number of hydrogen-bond acceptors (Lipinski definition) is 9. The van der Waals surface area contributed by atoms with Crippen LogP contribution in [0.1, 0.15) is 52.9 Å². The second kappa shape index (κ2) is 11.4. The molecule has 1 aliphatic rings. The average Bonchev–Trinajstić information content (AvgIpc) is 2.60. The van der Waals surface area contributed by atoms with Crippen molar-refractivity contribution in [1.29, 1.82) is 0 Å². The fourth-order valence-electron chi connectivity index (χ4n) is 3.19. The molecular formula is C19H35N3O8. The first-order chi connectivity index (χ1) is 13.8. The summed E-state index contributed by atoms with van der Waals surface area (Å²) in [5, 5.41) is 32.5. The van der Waals surface area contributed by atoms with E-state index in [4.69, 9.17) is 20.9 Å². The Morgan fingerprint density at radius 2 is 1.73 bits per heavy atom. The van der Waals surface area contributed by atoms with Crippen molar-refractivity contribution in [3.63, 3.8) is 0 Å². The van der Waals surface area contributed by atoms with Crippen molar-refractivity contribution in [1.82, 2.24) is 5.32 Å². The highest BCUT2D eigenvalue weighted by Gasteiger charge is 2.42. The van der Waals surface area contributed by atoms with Gasteiger partial charge in [-0.3, -0.25) is 9.59 Å². The van der Waals surface area contributed by atoms with E-state index in [9.17, 15) is 29.7 Å². The smallest absolute Gasteiger partial charge is 0.407 e. The fraction of sp³-hybridized carbons (Fsp3) is 0.842. The molecule has 6 atom stereocenters. The van der Waals surface area contributed by atoms with Crippen LogP contribution in [-0.4, -0.2) is 75.9 Å². The van der Waals surface area contributed by atoms with Gasteiger partial charge in [0.05, 0.1) is 18.3 Å². The molecule has 2 amide bonds. The molecule has 0 bridgehead atoms. The summed E-state index contributed by atoms with van der Waals surface area (Å²) < 4.78 is 10.3. The fourth-order valence-corrected chi connectivity index (χ4v) is 3.19. The Balaban J connectivity index is 2.37. The number of nitrogens with two attached hydrogens (primary N) is 2. The van der Waals surface area contributed by atoms with Gasteiger partial charge in [0.15, 0.2) is 0 Å². The van der Waals surface area contributed by atoms with E-state index in [1.165, 1.54) is 0 Å². The monoisotopic (exact) mass is 433 g/mol. The Morgan fingerprint density at radius 3 is 2.30 bits per heavy atom. The molecule has 0 aliphatic heterocycles. The number of ether oxygens (including phenoxy) is 2. The minimum absolute atomic E-state index is 0.0614. The molecule has 1 aliphatic carbocycles. The third-order valence-electron chi connectivity index (χ3n) is 4.80. The molecule has 1 rings (SSSR count). The number of nitrogens with one attached hydrogen (secondary N) is 1. The van der Waals surface area contributed by atoms with Crippen LogP contribution in [0.2, 0.25) is 0 Å². The number of aliphatic hydroxyl groups excluding tert-OH is 3. The van der Waals surface area contributed by atoms with Gasteiger partial charge in [-0.25, -0.2) is 4.79 Å².